The van der Waals surface area contributed by atoms with Crippen LogP contribution in [-0.2, 0) is 0 Å². The Hall–Kier alpha value is -0.0300. The van der Waals surface area contributed by atoms with Crippen LogP contribution in [0.3, 0.4) is 0 Å². The summed E-state index contributed by atoms with van der Waals surface area (Å²) < 4.78 is 1.05. The molecule has 15 heavy (non-hydrogen) atoms. The fraction of sp³-hybridized carbons (Fsp3) is 0.455. The molecule has 0 spiro atoms. The normalized spacial score (nSPS) is 14.9. The minimum atomic E-state index is 0.0344. The SMILES string of the molecule is CCC(N)C(CO)Sc1ccccc1Br. The number of rotatable bonds is 5. The van der Waals surface area contributed by atoms with Crippen LogP contribution in [0.25, 0.3) is 0 Å². The van der Waals surface area contributed by atoms with E-state index in [1.165, 1.54) is 0 Å². The van der Waals surface area contributed by atoms with Crippen LogP contribution in [0, 0.1) is 0 Å². The van der Waals surface area contributed by atoms with Gasteiger partial charge in [0.2, 0.25) is 0 Å². The summed E-state index contributed by atoms with van der Waals surface area (Å²) in [6.07, 6.45) is 0.878. The molecule has 0 aliphatic heterocycles. The lowest BCUT2D eigenvalue weighted by Crippen LogP contribution is -2.34. The predicted molar refractivity (Wildman–Crippen MR) is 69.1 cm³/mol. The first-order valence-electron chi connectivity index (χ1n) is 4.96. The molecule has 0 heterocycles. The number of aliphatic hydroxyl groups is 1. The van der Waals surface area contributed by atoms with Crippen LogP contribution in [0.1, 0.15) is 13.3 Å². The number of hydrogen-bond acceptors (Lipinski definition) is 3. The van der Waals surface area contributed by atoms with Crippen molar-refractivity contribution in [2.75, 3.05) is 6.61 Å². The first kappa shape index (κ1) is 13.0. The Labute approximate surface area is 103 Å². The largest absolute Gasteiger partial charge is 0.395 e. The van der Waals surface area contributed by atoms with Gasteiger partial charge in [0.15, 0.2) is 0 Å². The second kappa shape index (κ2) is 6.53. The quantitative estimate of drug-likeness (QED) is 0.820. The van der Waals surface area contributed by atoms with Gasteiger partial charge in [-0.15, -0.1) is 11.8 Å². The van der Waals surface area contributed by atoms with E-state index in [1.807, 2.05) is 31.2 Å². The summed E-state index contributed by atoms with van der Waals surface area (Å²) in [5.41, 5.74) is 5.93. The molecule has 0 saturated carbocycles. The number of aliphatic hydroxyl groups excluding tert-OH is 1. The molecule has 0 fully saturated rings. The van der Waals surface area contributed by atoms with Crippen molar-refractivity contribution >= 4 is 27.7 Å². The lowest BCUT2D eigenvalue weighted by molar-refractivity contribution is 0.281. The highest BCUT2D eigenvalue weighted by atomic mass is 79.9. The maximum atomic E-state index is 9.26. The molecule has 0 aromatic heterocycles. The second-order valence-corrected chi connectivity index (χ2v) is 5.48. The molecule has 0 aliphatic carbocycles. The van der Waals surface area contributed by atoms with E-state index in [1.54, 1.807) is 11.8 Å². The maximum absolute atomic E-state index is 9.26. The highest BCUT2D eigenvalue weighted by Gasteiger charge is 2.17. The highest BCUT2D eigenvalue weighted by molar-refractivity contribution is 9.10. The Bertz CT molecular complexity index is 308. The van der Waals surface area contributed by atoms with Crippen LogP contribution in [0.2, 0.25) is 0 Å². The van der Waals surface area contributed by atoms with E-state index in [0.717, 1.165) is 15.8 Å². The van der Waals surface area contributed by atoms with Crippen molar-refractivity contribution < 1.29 is 5.11 Å². The third kappa shape index (κ3) is 3.79. The van der Waals surface area contributed by atoms with Gasteiger partial charge < -0.3 is 10.8 Å². The molecule has 1 aromatic carbocycles. The van der Waals surface area contributed by atoms with Gasteiger partial charge in [0.05, 0.1) is 6.61 Å². The molecule has 0 radical (unpaired) electrons. The van der Waals surface area contributed by atoms with Crippen molar-refractivity contribution in [1.82, 2.24) is 0 Å². The summed E-state index contributed by atoms with van der Waals surface area (Å²) in [5.74, 6) is 0. The molecule has 2 nitrogen and oxygen atoms in total. The Morgan fingerprint density at radius 2 is 2.13 bits per heavy atom. The minimum absolute atomic E-state index is 0.0344. The average Bonchev–Trinajstić information content (AvgIpc) is 2.27. The summed E-state index contributed by atoms with van der Waals surface area (Å²) in [6.45, 7) is 2.15. The van der Waals surface area contributed by atoms with E-state index in [0.29, 0.717) is 0 Å². The van der Waals surface area contributed by atoms with Gasteiger partial charge >= 0.3 is 0 Å². The van der Waals surface area contributed by atoms with Gasteiger partial charge in [0.25, 0.3) is 0 Å². The summed E-state index contributed by atoms with van der Waals surface area (Å²) >= 11 is 5.11. The van der Waals surface area contributed by atoms with E-state index in [2.05, 4.69) is 15.9 Å². The van der Waals surface area contributed by atoms with Crippen molar-refractivity contribution in [3.05, 3.63) is 28.7 Å². The summed E-state index contributed by atoms with van der Waals surface area (Å²) in [5, 5.41) is 9.33. The van der Waals surface area contributed by atoms with Gasteiger partial charge in [-0.25, -0.2) is 0 Å². The smallest absolute Gasteiger partial charge is 0.0568 e. The minimum Gasteiger partial charge on any atom is -0.395 e. The van der Waals surface area contributed by atoms with Crippen LogP contribution in [0.15, 0.2) is 33.6 Å². The molecule has 1 rings (SSSR count). The fourth-order valence-electron chi connectivity index (χ4n) is 1.23. The Kier molecular flexibility index (Phi) is 5.68. The number of halogens is 1. The molecule has 0 amide bonds. The van der Waals surface area contributed by atoms with E-state index in [4.69, 9.17) is 5.73 Å². The van der Waals surface area contributed by atoms with Crippen molar-refractivity contribution in [3.63, 3.8) is 0 Å². The van der Waals surface area contributed by atoms with Crippen LogP contribution in [0.5, 0.6) is 0 Å². The molecule has 0 bridgehead atoms. The van der Waals surface area contributed by atoms with Crippen molar-refractivity contribution in [2.45, 2.75) is 29.5 Å². The Morgan fingerprint density at radius 3 is 2.67 bits per heavy atom. The van der Waals surface area contributed by atoms with Crippen molar-refractivity contribution in [2.24, 2.45) is 5.73 Å². The van der Waals surface area contributed by atoms with Crippen LogP contribution < -0.4 is 5.73 Å². The molecular weight excluding hydrogens is 274 g/mol. The zero-order valence-electron chi connectivity index (χ0n) is 8.69. The predicted octanol–water partition coefficient (Wildman–Crippen LogP) is 2.64. The summed E-state index contributed by atoms with van der Waals surface area (Å²) in [7, 11) is 0. The fourth-order valence-corrected chi connectivity index (χ4v) is 2.90. The van der Waals surface area contributed by atoms with Crippen LogP contribution in [-0.4, -0.2) is 23.0 Å². The van der Waals surface area contributed by atoms with Crippen molar-refractivity contribution in [3.8, 4) is 0 Å². The van der Waals surface area contributed by atoms with Crippen LogP contribution in [0.4, 0.5) is 0 Å². The first-order valence-corrected chi connectivity index (χ1v) is 6.64. The molecule has 1 aromatic rings. The monoisotopic (exact) mass is 289 g/mol. The number of hydrogen-bond donors (Lipinski definition) is 2. The lowest BCUT2D eigenvalue weighted by atomic mass is 10.2. The Balaban J connectivity index is 2.71. The van der Waals surface area contributed by atoms with E-state index in [-0.39, 0.29) is 17.9 Å². The number of thioether (sulfide) groups is 1. The van der Waals surface area contributed by atoms with Crippen molar-refractivity contribution in [1.29, 1.82) is 0 Å². The molecule has 84 valence electrons. The lowest BCUT2D eigenvalue weighted by Gasteiger charge is -2.20. The van der Waals surface area contributed by atoms with E-state index < -0.39 is 0 Å². The zero-order valence-corrected chi connectivity index (χ0v) is 11.1. The van der Waals surface area contributed by atoms with Gasteiger partial charge in [-0.3, -0.25) is 0 Å². The molecule has 2 atom stereocenters. The van der Waals surface area contributed by atoms with E-state index >= 15 is 0 Å². The van der Waals surface area contributed by atoms with Gasteiger partial charge in [-0.05, 0) is 34.5 Å². The molecule has 0 saturated heterocycles. The first-order chi connectivity index (χ1) is 7.19. The summed E-state index contributed by atoms with van der Waals surface area (Å²) in [4.78, 5) is 1.13. The number of benzene rings is 1. The average molecular weight is 290 g/mol. The topological polar surface area (TPSA) is 46.2 Å². The highest BCUT2D eigenvalue weighted by Crippen LogP contribution is 2.31. The molecular formula is C11H16BrNOS. The molecule has 4 heteroatoms. The molecule has 3 N–H and O–H groups in total. The Morgan fingerprint density at radius 1 is 1.47 bits per heavy atom. The standard InChI is InChI=1S/C11H16BrNOS/c1-2-9(13)11(7-14)15-10-6-4-3-5-8(10)12/h3-6,9,11,14H,2,7,13H2,1H3. The number of nitrogens with two attached hydrogens (primary N) is 1. The second-order valence-electron chi connectivity index (χ2n) is 3.34. The van der Waals surface area contributed by atoms with Gasteiger partial charge in [-0.1, -0.05) is 19.1 Å². The van der Waals surface area contributed by atoms with E-state index in [9.17, 15) is 5.11 Å². The van der Waals surface area contributed by atoms with Gasteiger partial charge in [0.1, 0.15) is 0 Å². The molecule has 2 unspecified atom stereocenters. The third-order valence-corrected chi connectivity index (χ3v) is 4.61. The maximum Gasteiger partial charge on any atom is 0.0568 e. The molecule has 0 aliphatic rings. The summed E-state index contributed by atoms with van der Waals surface area (Å²) in [6, 6.07) is 8.02. The van der Waals surface area contributed by atoms with Crippen LogP contribution >= 0.6 is 27.7 Å². The zero-order chi connectivity index (χ0) is 11.3. The third-order valence-electron chi connectivity index (χ3n) is 2.24. The van der Waals surface area contributed by atoms with Gasteiger partial charge in [0, 0.05) is 20.7 Å². The van der Waals surface area contributed by atoms with Gasteiger partial charge in [-0.2, -0.15) is 0 Å².